The monoisotopic (exact) mass is 663 g/mol. The van der Waals surface area contributed by atoms with E-state index in [1.54, 1.807) is 0 Å². The summed E-state index contributed by atoms with van der Waals surface area (Å²) in [5.74, 6) is 0. The van der Waals surface area contributed by atoms with Gasteiger partial charge in [-0.15, -0.1) is 0 Å². The second-order valence-corrected chi connectivity index (χ2v) is 14.4. The van der Waals surface area contributed by atoms with Crippen molar-refractivity contribution in [3.8, 4) is 11.4 Å². The van der Waals surface area contributed by atoms with Gasteiger partial charge in [-0.05, 0) is 84.3 Å². The number of fused-ring (bicyclic) bond motifs is 15. The Balaban J connectivity index is 1.20. The maximum absolute atomic E-state index is 2.51. The molecule has 4 aromatic heterocycles. The van der Waals surface area contributed by atoms with Crippen molar-refractivity contribution in [1.82, 2.24) is 13.5 Å². The lowest BCUT2D eigenvalue weighted by Crippen LogP contribution is -1.99. The maximum atomic E-state index is 2.51. The molecule has 0 aliphatic heterocycles. The summed E-state index contributed by atoms with van der Waals surface area (Å²) in [5.41, 5.74) is 13.9. The van der Waals surface area contributed by atoms with Crippen molar-refractivity contribution in [2.24, 2.45) is 0 Å². The third-order valence-electron chi connectivity index (χ3n) is 11.8. The Morgan fingerprint density at radius 1 is 0.500 bits per heavy atom. The second-order valence-electron chi connectivity index (χ2n) is 14.4. The minimum Gasteiger partial charge on any atom is -0.309 e. The summed E-state index contributed by atoms with van der Waals surface area (Å²) >= 11 is 0. The minimum absolute atomic E-state index is 0.999. The van der Waals surface area contributed by atoms with Crippen LogP contribution in [0.3, 0.4) is 0 Å². The van der Waals surface area contributed by atoms with E-state index in [1.807, 2.05) is 0 Å². The lowest BCUT2D eigenvalue weighted by molar-refractivity contribution is 1.04. The summed E-state index contributed by atoms with van der Waals surface area (Å²) in [7, 11) is 0. The van der Waals surface area contributed by atoms with E-state index in [-0.39, 0.29) is 0 Å². The highest BCUT2D eigenvalue weighted by Gasteiger charge is 2.25. The van der Waals surface area contributed by atoms with Crippen LogP contribution in [0.1, 0.15) is 31.0 Å². The third kappa shape index (κ3) is 3.55. The molecule has 0 saturated heterocycles. The summed E-state index contributed by atoms with van der Waals surface area (Å²) in [5, 5.41) is 11.7. The Bertz CT molecular complexity index is 3340. The fourth-order valence-electron chi connectivity index (χ4n) is 9.51. The molecule has 11 aromatic rings. The highest BCUT2D eigenvalue weighted by Crippen LogP contribution is 2.48. The first kappa shape index (κ1) is 28.2. The Labute approximate surface area is 299 Å². The standard InChI is InChI=1S/C49H33N3/c1-2-30-12-11-18-36-35-15-5-8-19-40(35)50(44(36)28-30)32-23-25-33(26-24-32)51-43-27-22-31-13-3-4-14-34(31)46(43)48-45(51)29-39-37-16-6-9-20-41(37)52-42-21-10-7-17-38(42)47(48)49(39)52/h3-11,13-29H,2,12H2,1H3. The fourth-order valence-corrected chi connectivity index (χ4v) is 9.51. The summed E-state index contributed by atoms with van der Waals surface area (Å²) in [6.07, 6.45) is 9.11. The second kappa shape index (κ2) is 10.2. The molecule has 244 valence electrons. The van der Waals surface area contributed by atoms with Gasteiger partial charge in [0.2, 0.25) is 0 Å². The third-order valence-corrected chi connectivity index (χ3v) is 11.8. The number of para-hydroxylation sites is 3. The number of hydrogen-bond acceptors (Lipinski definition) is 0. The SMILES string of the molecule is CCC1=Cc2c(c3ccccc3n2-c2ccc(-n3c4ccc5ccccc5c4c4c5c6ccccc6n6c7ccccc7c(cc43)c56)cc2)C=CC1. The number of hydrogen-bond donors (Lipinski definition) is 0. The van der Waals surface area contributed by atoms with Crippen molar-refractivity contribution in [3.63, 3.8) is 0 Å². The molecule has 0 atom stereocenters. The van der Waals surface area contributed by atoms with Crippen LogP contribution in [0, 0.1) is 0 Å². The van der Waals surface area contributed by atoms with Crippen molar-refractivity contribution in [2.75, 3.05) is 0 Å². The lowest BCUT2D eigenvalue weighted by Gasteiger charge is -2.13. The number of rotatable bonds is 3. The molecule has 0 spiro atoms. The molecule has 7 aromatic carbocycles. The van der Waals surface area contributed by atoms with Crippen molar-refractivity contribution in [1.29, 1.82) is 0 Å². The molecule has 52 heavy (non-hydrogen) atoms. The van der Waals surface area contributed by atoms with Gasteiger partial charge in [-0.3, -0.25) is 0 Å². The van der Waals surface area contributed by atoms with E-state index in [9.17, 15) is 0 Å². The van der Waals surface area contributed by atoms with E-state index in [4.69, 9.17) is 0 Å². The molecule has 1 aliphatic rings. The van der Waals surface area contributed by atoms with Gasteiger partial charge in [0.15, 0.2) is 0 Å². The molecule has 0 bridgehead atoms. The largest absolute Gasteiger partial charge is 0.309 e. The van der Waals surface area contributed by atoms with Gasteiger partial charge >= 0.3 is 0 Å². The zero-order chi connectivity index (χ0) is 34.1. The van der Waals surface area contributed by atoms with Crippen molar-refractivity contribution in [3.05, 3.63) is 162 Å². The normalized spacial score (nSPS) is 13.5. The van der Waals surface area contributed by atoms with Crippen LogP contribution in [0.4, 0.5) is 0 Å². The van der Waals surface area contributed by atoms with Crippen LogP contribution >= 0.6 is 0 Å². The Kier molecular flexibility index (Phi) is 5.55. The molecule has 1 aliphatic carbocycles. The predicted octanol–water partition coefficient (Wildman–Crippen LogP) is 13.2. The van der Waals surface area contributed by atoms with E-state index in [0.717, 1.165) is 18.5 Å². The highest BCUT2D eigenvalue weighted by molar-refractivity contribution is 6.38. The average Bonchev–Trinajstić information content (AvgIpc) is 3.87. The fraction of sp³-hybridized carbons (Fsp3) is 0.0612. The van der Waals surface area contributed by atoms with Crippen molar-refractivity contribution in [2.45, 2.75) is 19.8 Å². The van der Waals surface area contributed by atoms with Crippen LogP contribution in [0.5, 0.6) is 0 Å². The van der Waals surface area contributed by atoms with E-state index in [0.29, 0.717) is 0 Å². The van der Waals surface area contributed by atoms with E-state index < -0.39 is 0 Å². The smallest absolute Gasteiger partial charge is 0.0628 e. The van der Waals surface area contributed by atoms with Crippen molar-refractivity contribution >= 4 is 93.7 Å². The molecule has 12 rings (SSSR count). The van der Waals surface area contributed by atoms with Crippen LogP contribution in [0.2, 0.25) is 0 Å². The zero-order valence-corrected chi connectivity index (χ0v) is 28.8. The lowest BCUT2D eigenvalue weighted by atomic mass is 9.99. The number of nitrogens with zero attached hydrogens (tertiary/aromatic N) is 3. The molecular weight excluding hydrogens is 631 g/mol. The molecule has 0 radical (unpaired) electrons. The first-order valence-electron chi connectivity index (χ1n) is 18.4. The molecule has 4 heterocycles. The summed E-state index contributed by atoms with van der Waals surface area (Å²) in [6, 6.07) is 51.9. The van der Waals surface area contributed by atoms with Crippen LogP contribution in [-0.2, 0) is 0 Å². The molecule has 3 nitrogen and oxygen atoms in total. The van der Waals surface area contributed by atoms with E-state index in [2.05, 4.69) is 178 Å². The van der Waals surface area contributed by atoms with Gasteiger partial charge < -0.3 is 13.5 Å². The highest BCUT2D eigenvalue weighted by atomic mass is 15.0. The van der Waals surface area contributed by atoms with Gasteiger partial charge in [-0.1, -0.05) is 110 Å². The van der Waals surface area contributed by atoms with Crippen LogP contribution in [0.15, 0.2) is 151 Å². The number of benzene rings is 7. The molecule has 3 heteroatoms. The molecule has 0 saturated carbocycles. The molecule has 0 N–H and O–H groups in total. The number of allylic oxidation sites excluding steroid dienone is 2. The quantitative estimate of drug-likeness (QED) is 0.179. The molecule has 0 unspecified atom stereocenters. The van der Waals surface area contributed by atoms with Gasteiger partial charge in [-0.25, -0.2) is 0 Å². The molecule has 0 fully saturated rings. The van der Waals surface area contributed by atoms with Gasteiger partial charge in [0.25, 0.3) is 0 Å². The molecule has 0 amide bonds. The average molecular weight is 664 g/mol. The van der Waals surface area contributed by atoms with Gasteiger partial charge in [0, 0.05) is 54.6 Å². The van der Waals surface area contributed by atoms with Gasteiger partial charge in [0.1, 0.15) is 0 Å². The van der Waals surface area contributed by atoms with Crippen LogP contribution in [0.25, 0.3) is 105 Å². The van der Waals surface area contributed by atoms with Crippen LogP contribution in [-0.4, -0.2) is 13.5 Å². The van der Waals surface area contributed by atoms with Crippen molar-refractivity contribution < 1.29 is 0 Å². The van der Waals surface area contributed by atoms with E-state index in [1.165, 1.54) is 104 Å². The summed E-state index contributed by atoms with van der Waals surface area (Å²) in [6.45, 7) is 2.26. The minimum atomic E-state index is 0.999. The first-order valence-corrected chi connectivity index (χ1v) is 18.4. The Morgan fingerprint density at radius 3 is 1.94 bits per heavy atom. The molecular formula is C49H33N3. The Hall–Kier alpha value is -6.58. The summed E-state index contributed by atoms with van der Waals surface area (Å²) < 4.78 is 7.46. The topological polar surface area (TPSA) is 14.3 Å². The zero-order valence-electron chi connectivity index (χ0n) is 28.8. The van der Waals surface area contributed by atoms with E-state index >= 15 is 0 Å². The predicted molar refractivity (Wildman–Crippen MR) is 222 cm³/mol. The number of aromatic nitrogens is 3. The van der Waals surface area contributed by atoms with Crippen LogP contribution < -0.4 is 0 Å². The first-order chi connectivity index (χ1) is 25.8. The summed E-state index contributed by atoms with van der Waals surface area (Å²) in [4.78, 5) is 0. The Morgan fingerprint density at radius 2 is 1.15 bits per heavy atom. The van der Waals surface area contributed by atoms with Gasteiger partial charge in [-0.2, -0.15) is 0 Å². The van der Waals surface area contributed by atoms with Gasteiger partial charge in [0.05, 0.1) is 38.8 Å². The maximum Gasteiger partial charge on any atom is 0.0628 e.